The van der Waals surface area contributed by atoms with Crippen molar-refractivity contribution in [3.8, 4) is 11.1 Å². The number of pyridine rings is 1. The fourth-order valence-corrected chi connectivity index (χ4v) is 2.53. The Labute approximate surface area is 130 Å². The van der Waals surface area contributed by atoms with Gasteiger partial charge in [0.1, 0.15) is 5.82 Å². The average Bonchev–Trinajstić information content (AvgIpc) is 2.97. The molecule has 1 aromatic carbocycles. The first-order valence-electron chi connectivity index (χ1n) is 6.54. The molecule has 106 valence electrons. The molecule has 0 saturated carbocycles. The van der Waals surface area contributed by atoms with Crippen LogP contribution in [0, 0.1) is 5.82 Å². The summed E-state index contributed by atoms with van der Waals surface area (Å²) in [6.45, 7) is 2.03. The van der Waals surface area contributed by atoms with E-state index in [1.165, 1.54) is 12.1 Å². The molecule has 0 aliphatic rings. The van der Waals surface area contributed by atoms with Crippen LogP contribution in [0.5, 0.6) is 0 Å². The van der Waals surface area contributed by atoms with Gasteiger partial charge in [0.2, 0.25) is 0 Å². The fraction of sp³-hybridized carbons (Fsp3) is 0.125. The molecule has 3 nitrogen and oxygen atoms in total. The van der Waals surface area contributed by atoms with Gasteiger partial charge in [0.25, 0.3) is 0 Å². The number of halogens is 2. The molecule has 0 aliphatic carbocycles. The van der Waals surface area contributed by atoms with Crippen molar-refractivity contribution in [2.24, 2.45) is 0 Å². The van der Waals surface area contributed by atoms with E-state index in [1.54, 1.807) is 24.5 Å². The summed E-state index contributed by atoms with van der Waals surface area (Å²) in [6.07, 6.45) is 7.32. The smallest absolute Gasteiger partial charge is 0.123 e. The molecule has 0 amide bonds. The number of rotatable bonds is 3. The molecule has 21 heavy (non-hydrogen) atoms. The Morgan fingerprint density at radius 2 is 1.86 bits per heavy atom. The van der Waals surface area contributed by atoms with Crippen molar-refractivity contribution in [1.29, 1.82) is 0 Å². The van der Waals surface area contributed by atoms with Gasteiger partial charge in [0, 0.05) is 34.2 Å². The fourth-order valence-electron chi connectivity index (χ4n) is 2.16. The highest BCUT2D eigenvalue weighted by Crippen LogP contribution is 2.24. The van der Waals surface area contributed by atoms with Crippen LogP contribution < -0.4 is 0 Å². The molecule has 2 heterocycles. The first-order chi connectivity index (χ1) is 10.1. The first-order valence-corrected chi connectivity index (χ1v) is 7.33. The minimum atomic E-state index is -0.229. The van der Waals surface area contributed by atoms with E-state index >= 15 is 0 Å². The van der Waals surface area contributed by atoms with E-state index in [4.69, 9.17) is 0 Å². The molecule has 3 rings (SSSR count). The molecule has 0 fully saturated rings. The van der Waals surface area contributed by atoms with Gasteiger partial charge < -0.3 is 0 Å². The minimum Gasteiger partial charge on any atom is -0.265 e. The van der Waals surface area contributed by atoms with Crippen LogP contribution in [-0.2, 0) is 0 Å². The monoisotopic (exact) mass is 345 g/mol. The third kappa shape index (κ3) is 3.03. The van der Waals surface area contributed by atoms with E-state index in [9.17, 15) is 4.39 Å². The van der Waals surface area contributed by atoms with Gasteiger partial charge in [0.15, 0.2) is 0 Å². The van der Waals surface area contributed by atoms with Crippen LogP contribution in [-0.4, -0.2) is 14.8 Å². The molecule has 0 saturated heterocycles. The number of hydrogen-bond acceptors (Lipinski definition) is 2. The van der Waals surface area contributed by atoms with E-state index in [0.717, 1.165) is 21.2 Å². The molecule has 0 bridgehead atoms. The summed E-state index contributed by atoms with van der Waals surface area (Å²) in [5.41, 5.74) is 3.01. The predicted octanol–water partition coefficient (Wildman–Crippen LogP) is 4.46. The number of benzene rings is 1. The molecule has 0 aliphatic heterocycles. The predicted molar refractivity (Wildman–Crippen MR) is 83.4 cm³/mol. The Kier molecular flexibility index (Phi) is 3.84. The summed E-state index contributed by atoms with van der Waals surface area (Å²) in [4.78, 5) is 4.16. The molecule has 0 unspecified atom stereocenters. The lowest BCUT2D eigenvalue weighted by molar-refractivity contribution is 0.561. The number of nitrogens with zero attached hydrogens (tertiary/aromatic N) is 3. The zero-order chi connectivity index (χ0) is 14.8. The van der Waals surface area contributed by atoms with Crippen LogP contribution in [0.4, 0.5) is 4.39 Å². The van der Waals surface area contributed by atoms with E-state index in [2.05, 4.69) is 26.0 Å². The molecule has 0 N–H and O–H groups in total. The van der Waals surface area contributed by atoms with Crippen molar-refractivity contribution >= 4 is 15.9 Å². The molecule has 1 atom stereocenters. The quantitative estimate of drug-likeness (QED) is 0.701. The van der Waals surface area contributed by atoms with E-state index in [0.29, 0.717) is 0 Å². The summed E-state index contributed by atoms with van der Waals surface area (Å²) in [5.74, 6) is -0.229. The number of hydrogen-bond donors (Lipinski definition) is 0. The molecular formula is C16H13BrFN3. The minimum absolute atomic E-state index is 0.0412. The maximum atomic E-state index is 13.0. The van der Waals surface area contributed by atoms with Crippen molar-refractivity contribution < 1.29 is 4.39 Å². The molecule has 5 heteroatoms. The Balaban J connectivity index is 1.89. The van der Waals surface area contributed by atoms with Gasteiger partial charge in [-0.3, -0.25) is 9.67 Å². The number of aromatic nitrogens is 3. The normalized spacial score (nSPS) is 12.3. The van der Waals surface area contributed by atoms with Crippen LogP contribution in [0.25, 0.3) is 11.1 Å². The highest BCUT2D eigenvalue weighted by Gasteiger charge is 2.10. The summed E-state index contributed by atoms with van der Waals surface area (Å²) >= 11 is 3.41. The zero-order valence-corrected chi connectivity index (χ0v) is 13.0. The van der Waals surface area contributed by atoms with Crippen LogP contribution >= 0.6 is 15.9 Å². The highest BCUT2D eigenvalue weighted by molar-refractivity contribution is 9.10. The molecule has 2 aromatic heterocycles. The van der Waals surface area contributed by atoms with Gasteiger partial charge in [-0.1, -0.05) is 12.1 Å². The van der Waals surface area contributed by atoms with Crippen LogP contribution in [0.1, 0.15) is 18.5 Å². The maximum Gasteiger partial charge on any atom is 0.123 e. The van der Waals surface area contributed by atoms with Crippen molar-refractivity contribution in [3.05, 3.63) is 71.0 Å². The van der Waals surface area contributed by atoms with Gasteiger partial charge in [-0.2, -0.15) is 5.10 Å². The van der Waals surface area contributed by atoms with Gasteiger partial charge in [0.05, 0.1) is 12.2 Å². The van der Waals surface area contributed by atoms with Crippen molar-refractivity contribution in [1.82, 2.24) is 14.8 Å². The molecular weight excluding hydrogens is 333 g/mol. The average molecular weight is 346 g/mol. The van der Waals surface area contributed by atoms with Gasteiger partial charge in [-0.05, 0) is 46.6 Å². The Morgan fingerprint density at radius 1 is 1.10 bits per heavy atom. The second-order valence-corrected chi connectivity index (χ2v) is 5.74. The van der Waals surface area contributed by atoms with E-state index in [-0.39, 0.29) is 11.9 Å². The largest absolute Gasteiger partial charge is 0.265 e. The summed E-state index contributed by atoms with van der Waals surface area (Å²) in [7, 11) is 0. The second kappa shape index (κ2) is 5.77. The highest BCUT2D eigenvalue weighted by atomic mass is 79.9. The zero-order valence-electron chi connectivity index (χ0n) is 11.4. The Morgan fingerprint density at radius 3 is 2.57 bits per heavy atom. The van der Waals surface area contributed by atoms with Crippen LogP contribution in [0.3, 0.4) is 0 Å². The van der Waals surface area contributed by atoms with Crippen LogP contribution in [0.2, 0.25) is 0 Å². The first kappa shape index (κ1) is 13.9. The maximum absolute atomic E-state index is 13.0. The standard InChI is InChI=1S/C16H13BrFN3/c1-11(12-2-4-16(18)5-3-12)21-10-14(8-20-21)13-6-15(17)9-19-7-13/h2-11H,1H3/t11-/m1/s1. The van der Waals surface area contributed by atoms with E-state index < -0.39 is 0 Å². The molecule has 3 aromatic rings. The van der Waals surface area contributed by atoms with Crippen LogP contribution in [0.15, 0.2) is 59.6 Å². The molecule has 0 radical (unpaired) electrons. The lowest BCUT2D eigenvalue weighted by atomic mass is 10.1. The van der Waals surface area contributed by atoms with Crippen molar-refractivity contribution in [2.45, 2.75) is 13.0 Å². The lowest BCUT2D eigenvalue weighted by Crippen LogP contribution is -2.06. The second-order valence-electron chi connectivity index (χ2n) is 4.83. The lowest BCUT2D eigenvalue weighted by Gasteiger charge is -2.12. The third-order valence-electron chi connectivity index (χ3n) is 3.39. The van der Waals surface area contributed by atoms with Gasteiger partial charge in [-0.15, -0.1) is 0 Å². The van der Waals surface area contributed by atoms with Gasteiger partial charge >= 0.3 is 0 Å². The summed E-state index contributed by atoms with van der Waals surface area (Å²) < 4.78 is 15.8. The Hall–Kier alpha value is -2.01. The Bertz CT molecular complexity index is 752. The summed E-state index contributed by atoms with van der Waals surface area (Å²) in [6, 6.07) is 8.53. The topological polar surface area (TPSA) is 30.7 Å². The molecule has 0 spiro atoms. The SMILES string of the molecule is C[C@H](c1ccc(F)cc1)n1cc(-c2cncc(Br)c2)cn1. The van der Waals surface area contributed by atoms with Gasteiger partial charge in [-0.25, -0.2) is 4.39 Å². The van der Waals surface area contributed by atoms with Crippen molar-refractivity contribution in [3.63, 3.8) is 0 Å². The van der Waals surface area contributed by atoms with E-state index in [1.807, 2.05) is 30.1 Å². The van der Waals surface area contributed by atoms with Crippen molar-refractivity contribution in [2.75, 3.05) is 0 Å². The third-order valence-corrected chi connectivity index (χ3v) is 3.82. The summed E-state index contributed by atoms with van der Waals surface area (Å²) in [5, 5.41) is 4.40.